The highest BCUT2D eigenvalue weighted by Gasteiger charge is 2.40. The van der Waals surface area contributed by atoms with Gasteiger partial charge in [0, 0.05) is 5.56 Å². The zero-order valence-corrected chi connectivity index (χ0v) is 9.74. The van der Waals surface area contributed by atoms with Crippen LogP contribution in [0.25, 0.3) is 0 Å². The molecule has 1 aromatic carbocycles. The number of halogens is 2. The Balaban J connectivity index is 3.02. The fourth-order valence-corrected chi connectivity index (χ4v) is 1.49. The first-order valence-electron chi connectivity index (χ1n) is 5.25. The molecule has 0 saturated carbocycles. The van der Waals surface area contributed by atoms with E-state index in [1.807, 2.05) is 0 Å². The minimum absolute atomic E-state index is 0.0482. The van der Waals surface area contributed by atoms with E-state index in [-0.39, 0.29) is 12.2 Å². The van der Waals surface area contributed by atoms with Crippen molar-refractivity contribution in [2.24, 2.45) is 5.73 Å². The van der Waals surface area contributed by atoms with Crippen molar-refractivity contribution in [2.45, 2.75) is 25.6 Å². The number of nitrogens with two attached hydrogens (primary N) is 1. The molecule has 0 fully saturated rings. The third kappa shape index (κ3) is 2.79. The summed E-state index contributed by atoms with van der Waals surface area (Å²) in [5.41, 5.74) is 3.89. The molecule has 1 unspecified atom stereocenters. The summed E-state index contributed by atoms with van der Waals surface area (Å²) in [6, 6.07) is 5.51. The summed E-state index contributed by atoms with van der Waals surface area (Å²) in [4.78, 5) is 11.3. The number of benzene rings is 1. The average Bonchev–Trinajstić information content (AvgIpc) is 2.28. The zero-order valence-electron chi connectivity index (χ0n) is 9.74. The lowest BCUT2D eigenvalue weighted by Crippen LogP contribution is -2.48. The lowest BCUT2D eigenvalue weighted by molar-refractivity contribution is -0.151. The predicted octanol–water partition coefficient (Wildman–Crippen LogP) is 1.90. The van der Waals surface area contributed by atoms with E-state index in [0.29, 0.717) is 0 Å². The fourth-order valence-electron chi connectivity index (χ4n) is 1.49. The summed E-state index contributed by atoms with van der Waals surface area (Å²) >= 11 is 0. The van der Waals surface area contributed by atoms with Crippen LogP contribution < -0.4 is 5.73 Å². The monoisotopic (exact) mass is 243 g/mol. The van der Waals surface area contributed by atoms with Crippen LogP contribution >= 0.6 is 0 Å². The molecule has 94 valence electrons. The Morgan fingerprint density at radius 1 is 1.53 bits per heavy atom. The number of ether oxygens (including phenoxy) is 1. The van der Waals surface area contributed by atoms with Gasteiger partial charge in [0.25, 0.3) is 0 Å². The van der Waals surface area contributed by atoms with Gasteiger partial charge in [-0.05, 0) is 19.9 Å². The molecule has 0 aliphatic heterocycles. The lowest BCUT2D eigenvalue weighted by atomic mass is 9.88. The van der Waals surface area contributed by atoms with Crippen molar-refractivity contribution in [3.05, 3.63) is 35.6 Å². The highest BCUT2D eigenvalue weighted by Crippen LogP contribution is 2.27. The molecule has 0 bridgehead atoms. The molecule has 17 heavy (non-hydrogen) atoms. The van der Waals surface area contributed by atoms with E-state index in [1.54, 1.807) is 6.92 Å². The van der Waals surface area contributed by atoms with E-state index in [0.717, 1.165) is 6.07 Å². The summed E-state index contributed by atoms with van der Waals surface area (Å²) in [6.45, 7) is 2.86. The summed E-state index contributed by atoms with van der Waals surface area (Å²) in [5, 5.41) is 0. The molecule has 2 atom stereocenters. The maximum atomic E-state index is 13.9. The van der Waals surface area contributed by atoms with Gasteiger partial charge in [-0.25, -0.2) is 13.6 Å². The van der Waals surface area contributed by atoms with E-state index in [2.05, 4.69) is 4.74 Å². The molecule has 1 aromatic rings. The molecule has 0 aliphatic carbocycles. The van der Waals surface area contributed by atoms with Crippen LogP contribution in [0, 0.1) is 5.82 Å². The third-order valence-corrected chi connectivity index (χ3v) is 2.47. The molecule has 0 saturated heterocycles. The number of rotatable bonds is 4. The van der Waals surface area contributed by atoms with Crippen LogP contribution in [0.15, 0.2) is 24.3 Å². The Kier molecular flexibility index (Phi) is 4.17. The normalized spacial score (nSPS) is 16.1. The van der Waals surface area contributed by atoms with E-state index in [1.165, 1.54) is 25.1 Å². The molecule has 3 nitrogen and oxygen atoms in total. The predicted molar refractivity (Wildman–Crippen MR) is 59.5 cm³/mol. The Morgan fingerprint density at radius 3 is 2.65 bits per heavy atom. The van der Waals surface area contributed by atoms with Gasteiger partial charge in [0.2, 0.25) is 6.17 Å². The highest BCUT2D eigenvalue weighted by molar-refractivity contribution is 5.76. The van der Waals surface area contributed by atoms with Crippen LogP contribution in [0.1, 0.15) is 19.4 Å². The number of carbonyl (C=O) groups excluding carboxylic acids is 1. The number of hydrogen-bond donors (Lipinski definition) is 1. The molecule has 5 heteroatoms. The highest BCUT2D eigenvalue weighted by atomic mass is 19.1. The van der Waals surface area contributed by atoms with Crippen molar-refractivity contribution >= 4 is 5.97 Å². The van der Waals surface area contributed by atoms with Gasteiger partial charge in [-0.1, -0.05) is 18.2 Å². The third-order valence-electron chi connectivity index (χ3n) is 2.47. The van der Waals surface area contributed by atoms with Crippen molar-refractivity contribution in [3.63, 3.8) is 0 Å². The summed E-state index contributed by atoms with van der Waals surface area (Å²) in [7, 11) is 0. The average molecular weight is 243 g/mol. The summed E-state index contributed by atoms with van der Waals surface area (Å²) in [6.07, 6.45) is -2.11. The summed E-state index contributed by atoms with van der Waals surface area (Å²) in [5.74, 6) is -1.73. The fraction of sp³-hybridized carbons (Fsp3) is 0.417. The van der Waals surface area contributed by atoms with Crippen molar-refractivity contribution < 1.29 is 18.3 Å². The van der Waals surface area contributed by atoms with E-state index >= 15 is 0 Å². The standard InChI is InChI=1S/C12H15F2NO2/c1-3-17-11(16)10(14)12(2,15)8-6-4-5-7-9(8)13/h4-7,10H,3,15H2,1-2H3/t10-,12?/m0/s1. The Labute approximate surface area is 98.6 Å². The van der Waals surface area contributed by atoms with Gasteiger partial charge in [0.05, 0.1) is 12.1 Å². The second kappa shape index (κ2) is 5.23. The number of hydrogen-bond acceptors (Lipinski definition) is 3. The van der Waals surface area contributed by atoms with Crippen molar-refractivity contribution in [1.82, 2.24) is 0 Å². The Hall–Kier alpha value is -1.49. The molecular weight excluding hydrogens is 228 g/mol. The van der Waals surface area contributed by atoms with Crippen LogP contribution in [0.2, 0.25) is 0 Å². The summed E-state index contributed by atoms with van der Waals surface area (Å²) < 4.78 is 31.9. The molecule has 0 aromatic heterocycles. The van der Waals surface area contributed by atoms with Crippen LogP contribution in [0.3, 0.4) is 0 Å². The number of esters is 1. The minimum Gasteiger partial charge on any atom is -0.464 e. The zero-order chi connectivity index (χ0) is 13.1. The molecule has 0 radical (unpaired) electrons. The topological polar surface area (TPSA) is 52.3 Å². The largest absolute Gasteiger partial charge is 0.464 e. The van der Waals surface area contributed by atoms with Gasteiger partial charge >= 0.3 is 5.97 Å². The quantitative estimate of drug-likeness (QED) is 0.822. The van der Waals surface area contributed by atoms with E-state index < -0.39 is 23.5 Å². The second-order valence-electron chi connectivity index (χ2n) is 3.88. The molecule has 0 aliphatic rings. The smallest absolute Gasteiger partial charge is 0.343 e. The van der Waals surface area contributed by atoms with Gasteiger partial charge in [-0.3, -0.25) is 0 Å². The van der Waals surface area contributed by atoms with Gasteiger partial charge in [-0.2, -0.15) is 0 Å². The molecule has 0 heterocycles. The second-order valence-corrected chi connectivity index (χ2v) is 3.88. The molecule has 0 spiro atoms. The van der Waals surface area contributed by atoms with Gasteiger partial charge < -0.3 is 10.5 Å². The maximum Gasteiger partial charge on any atom is 0.343 e. The molecule has 2 N–H and O–H groups in total. The first-order valence-corrected chi connectivity index (χ1v) is 5.25. The molecule has 1 rings (SSSR count). The van der Waals surface area contributed by atoms with Gasteiger partial charge in [0.1, 0.15) is 5.82 Å². The molecule has 0 amide bonds. The molecular formula is C12H15F2NO2. The Morgan fingerprint density at radius 2 is 2.12 bits per heavy atom. The first kappa shape index (κ1) is 13.6. The van der Waals surface area contributed by atoms with Crippen molar-refractivity contribution in [2.75, 3.05) is 6.61 Å². The number of alkyl halides is 1. The van der Waals surface area contributed by atoms with Crippen LogP contribution in [-0.2, 0) is 15.1 Å². The van der Waals surface area contributed by atoms with E-state index in [9.17, 15) is 13.6 Å². The van der Waals surface area contributed by atoms with Crippen molar-refractivity contribution in [1.29, 1.82) is 0 Å². The SMILES string of the molecule is CCOC(=O)[C@H](F)C(C)(N)c1ccccc1F. The van der Waals surface area contributed by atoms with Crippen molar-refractivity contribution in [3.8, 4) is 0 Å². The first-order chi connectivity index (χ1) is 7.91. The van der Waals surface area contributed by atoms with Crippen LogP contribution in [0.4, 0.5) is 8.78 Å². The van der Waals surface area contributed by atoms with Crippen LogP contribution in [0.5, 0.6) is 0 Å². The van der Waals surface area contributed by atoms with E-state index in [4.69, 9.17) is 5.73 Å². The lowest BCUT2D eigenvalue weighted by Gasteiger charge is -2.27. The Bertz CT molecular complexity index is 407. The van der Waals surface area contributed by atoms with Gasteiger partial charge in [0.15, 0.2) is 0 Å². The number of carbonyl (C=O) groups is 1. The van der Waals surface area contributed by atoms with Crippen LogP contribution in [-0.4, -0.2) is 18.7 Å². The minimum atomic E-state index is -2.11. The maximum absolute atomic E-state index is 13.9. The van der Waals surface area contributed by atoms with Gasteiger partial charge in [-0.15, -0.1) is 0 Å².